The van der Waals surface area contributed by atoms with E-state index < -0.39 is 0 Å². The molecule has 0 bridgehead atoms. The van der Waals surface area contributed by atoms with Gasteiger partial charge in [0.1, 0.15) is 6.61 Å². The molecule has 1 rings (SSSR count). The number of carbonyl (C=O) groups excluding carboxylic acids is 1. The van der Waals surface area contributed by atoms with Gasteiger partial charge in [0.05, 0.1) is 13.0 Å². The Morgan fingerprint density at radius 3 is 2.87 bits per heavy atom. The Morgan fingerprint density at radius 2 is 2.20 bits per heavy atom. The lowest BCUT2D eigenvalue weighted by atomic mass is 10.3. The summed E-state index contributed by atoms with van der Waals surface area (Å²) in [4.78, 5) is 15.2. The minimum Gasteiger partial charge on any atom is -0.384 e. The number of hydrogen-bond donors (Lipinski definition) is 0. The van der Waals surface area contributed by atoms with Crippen molar-refractivity contribution in [2.75, 3.05) is 27.4 Å². The number of Topliss-reactive ketones (excluding diaryl/α,β-unsaturated/α-hetero) is 1. The number of rotatable bonds is 7. The number of ketones is 1. The van der Waals surface area contributed by atoms with E-state index >= 15 is 0 Å². The first-order chi connectivity index (χ1) is 7.26. The zero-order valence-electron chi connectivity index (χ0n) is 8.86. The van der Waals surface area contributed by atoms with E-state index in [-0.39, 0.29) is 18.8 Å². The van der Waals surface area contributed by atoms with Crippen LogP contribution in [-0.4, -0.2) is 43.4 Å². The first-order valence-electron chi connectivity index (χ1n) is 4.57. The summed E-state index contributed by atoms with van der Waals surface area (Å²) in [6.45, 7) is 0.598. The second kappa shape index (κ2) is 6.26. The van der Waals surface area contributed by atoms with Gasteiger partial charge in [0.2, 0.25) is 5.89 Å². The Kier molecular flexibility index (Phi) is 4.92. The maximum atomic E-state index is 11.2. The Bertz CT molecular complexity index is 311. The Labute approximate surface area is 87.6 Å². The van der Waals surface area contributed by atoms with E-state index in [4.69, 9.17) is 9.26 Å². The maximum absolute atomic E-state index is 11.2. The Morgan fingerprint density at radius 1 is 1.40 bits per heavy atom. The van der Waals surface area contributed by atoms with Crippen LogP contribution in [0.4, 0.5) is 0 Å². The van der Waals surface area contributed by atoms with Crippen LogP contribution in [0, 0.1) is 0 Å². The second-order valence-corrected chi connectivity index (χ2v) is 3.00. The molecule has 0 unspecified atom stereocenters. The van der Waals surface area contributed by atoms with Gasteiger partial charge in [-0.1, -0.05) is 5.16 Å². The van der Waals surface area contributed by atoms with Crippen LogP contribution in [0.25, 0.3) is 0 Å². The van der Waals surface area contributed by atoms with Gasteiger partial charge in [0, 0.05) is 20.6 Å². The van der Waals surface area contributed by atoms with Crippen LogP contribution in [0.5, 0.6) is 0 Å². The summed E-state index contributed by atoms with van der Waals surface area (Å²) in [6.07, 6.45) is 0.701. The van der Waals surface area contributed by atoms with E-state index in [9.17, 15) is 4.79 Å². The lowest BCUT2D eigenvalue weighted by molar-refractivity contribution is -0.122. The summed E-state index contributed by atoms with van der Waals surface area (Å²) in [7, 11) is 3.07. The standard InChI is InChI=1S/C9H14N2O4/c1-13-4-3-8-10-9(15-11-8)5-7(12)6-14-2/h3-6H2,1-2H3. The summed E-state index contributed by atoms with van der Waals surface area (Å²) in [5, 5.41) is 3.71. The monoisotopic (exact) mass is 214 g/mol. The molecule has 6 heteroatoms. The van der Waals surface area contributed by atoms with Gasteiger partial charge in [-0.3, -0.25) is 4.79 Å². The summed E-state index contributed by atoms with van der Waals surface area (Å²) in [6, 6.07) is 0. The predicted octanol–water partition coefficient (Wildman–Crippen LogP) is 0.0165. The maximum Gasteiger partial charge on any atom is 0.234 e. The molecular weight excluding hydrogens is 200 g/mol. The van der Waals surface area contributed by atoms with Crippen molar-refractivity contribution < 1.29 is 18.8 Å². The molecule has 0 aliphatic carbocycles. The van der Waals surface area contributed by atoms with Crippen molar-refractivity contribution in [2.24, 2.45) is 0 Å². The number of carbonyl (C=O) groups is 1. The SMILES string of the molecule is COCCc1noc(CC(=O)COC)n1. The zero-order chi connectivity index (χ0) is 11.1. The average molecular weight is 214 g/mol. The number of hydrogen-bond acceptors (Lipinski definition) is 6. The molecule has 1 aromatic heterocycles. The van der Waals surface area contributed by atoms with Gasteiger partial charge in [0.25, 0.3) is 0 Å². The zero-order valence-corrected chi connectivity index (χ0v) is 8.86. The van der Waals surface area contributed by atoms with E-state index in [0.29, 0.717) is 24.7 Å². The third kappa shape index (κ3) is 4.18. The quantitative estimate of drug-likeness (QED) is 0.636. The first kappa shape index (κ1) is 11.8. The molecule has 0 aliphatic heterocycles. The molecule has 0 radical (unpaired) electrons. The Hall–Kier alpha value is -1.27. The summed E-state index contributed by atoms with van der Waals surface area (Å²) in [5.74, 6) is 0.791. The van der Waals surface area contributed by atoms with Crippen molar-refractivity contribution in [1.82, 2.24) is 10.1 Å². The van der Waals surface area contributed by atoms with E-state index in [0.717, 1.165) is 0 Å². The highest BCUT2D eigenvalue weighted by atomic mass is 16.5. The molecule has 0 aliphatic rings. The molecule has 0 aromatic carbocycles. The van der Waals surface area contributed by atoms with Gasteiger partial charge in [-0.2, -0.15) is 4.98 Å². The fourth-order valence-electron chi connectivity index (χ4n) is 1.04. The lowest BCUT2D eigenvalue weighted by Gasteiger charge is -1.93. The fraction of sp³-hybridized carbons (Fsp3) is 0.667. The molecule has 0 saturated carbocycles. The number of nitrogens with zero attached hydrogens (tertiary/aromatic N) is 2. The fourth-order valence-corrected chi connectivity index (χ4v) is 1.04. The van der Waals surface area contributed by atoms with Crippen LogP contribution < -0.4 is 0 Å². The Balaban J connectivity index is 2.42. The van der Waals surface area contributed by atoms with Gasteiger partial charge >= 0.3 is 0 Å². The van der Waals surface area contributed by atoms with E-state index in [2.05, 4.69) is 14.9 Å². The summed E-state index contributed by atoms with van der Waals surface area (Å²) >= 11 is 0. The van der Waals surface area contributed by atoms with Crippen molar-refractivity contribution in [1.29, 1.82) is 0 Å². The molecule has 0 fully saturated rings. The molecule has 0 atom stereocenters. The third-order valence-electron chi connectivity index (χ3n) is 1.69. The molecular formula is C9H14N2O4. The van der Waals surface area contributed by atoms with Crippen molar-refractivity contribution in [3.05, 3.63) is 11.7 Å². The van der Waals surface area contributed by atoms with Crippen LogP contribution in [0.1, 0.15) is 11.7 Å². The molecule has 6 nitrogen and oxygen atoms in total. The van der Waals surface area contributed by atoms with Gasteiger partial charge in [-0.15, -0.1) is 0 Å². The molecule has 0 amide bonds. The first-order valence-corrected chi connectivity index (χ1v) is 4.57. The van der Waals surface area contributed by atoms with Crippen LogP contribution in [-0.2, 0) is 27.1 Å². The summed E-state index contributed by atoms with van der Waals surface area (Å²) < 4.78 is 14.4. The summed E-state index contributed by atoms with van der Waals surface area (Å²) in [5.41, 5.74) is 0. The second-order valence-electron chi connectivity index (χ2n) is 3.00. The molecule has 15 heavy (non-hydrogen) atoms. The molecule has 1 aromatic rings. The van der Waals surface area contributed by atoms with Crippen LogP contribution in [0.2, 0.25) is 0 Å². The molecule has 0 N–H and O–H groups in total. The number of ether oxygens (including phenoxy) is 2. The van der Waals surface area contributed by atoms with Gasteiger partial charge in [0.15, 0.2) is 11.6 Å². The van der Waals surface area contributed by atoms with Crippen molar-refractivity contribution in [3.8, 4) is 0 Å². The minimum atomic E-state index is -0.0839. The van der Waals surface area contributed by atoms with Crippen molar-refractivity contribution >= 4 is 5.78 Å². The van der Waals surface area contributed by atoms with Gasteiger partial charge in [-0.05, 0) is 0 Å². The molecule has 1 heterocycles. The van der Waals surface area contributed by atoms with Gasteiger partial charge < -0.3 is 14.0 Å². The lowest BCUT2D eigenvalue weighted by Crippen LogP contribution is -2.10. The highest BCUT2D eigenvalue weighted by Crippen LogP contribution is 2.00. The number of aromatic nitrogens is 2. The van der Waals surface area contributed by atoms with Crippen molar-refractivity contribution in [2.45, 2.75) is 12.8 Å². The highest BCUT2D eigenvalue weighted by Gasteiger charge is 2.10. The molecule has 0 saturated heterocycles. The predicted molar refractivity (Wildman–Crippen MR) is 50.5 cm³/mol. The third-order valence-corrected chi connectivity index (χ3v) is 1.69. The minimum absolute atomic E-state index is 0.0653. The van der Waals surface area contributed by atoms with Crippen LogP contribution in [0.15, 0.2) is 4.52 Å². The topological polar surface area (TPSA) is 74.5 Å². The van der Waals surface area contributed by atoms with E-state index in [1.807, 2.05) is 0 Å². The number of methoxy groups -OCH3 is 2. The largest absolute Gasteiger partial charge is 0.384 e. The van der Waals surface area contributed by atoms with Gasteiger partial charge in [-0.25, -0.2) is 0 Å². The van der Waals surface area contributed by atoms with E-state index in [1.165, 1.54) is 7.11 Å². The average Bonchev–Trinajstić information content (AvgIpc) is 2.63. The van der Waals surface area contributed by atoms with E-state index in [1.54, 1.807) is 7.11 Å². The van der Waals surface area contributed by atoms with Crippen molar-refractivity contribution in [3.63, 3.8) is 0 Å². The molecule has 0 spiro atoms. The molecule has 84 valence electrons. The van der Waals surface area contributed by atoms with Crippen LogP contribution >= 0.6 is 0 Å². The normalized spacial score (nSPS) is 10.5. The highest BCUT2D eigenvalue weighted by molar-refractivity contribution is 5.81. The smallest absolute Gasteiger partial charge is 0.234 e. The van der Waals surface area contributed by atoms with Crippen LogP contribution in [0.3, 0.4) is 0 Å².